The van der Waals surface area contributed by atoms with Gasteiger partial charge in [0.15, 0.2) is 5.75 Å². The quantitative estimate of drug-likeness (QED) is 0.735. The molecular formula is C8H10N2O3. The number of rotatable bonds is 2. The summed E-state index contributed by atoms with van der Waals surface area (Å²) in [7, 11) is 1.51. The zero-order valence-electron chi connectivity index (χ0n) is 7.40. The van der Waals surface area contributed by atoms with E-state index in [0.717, 1.165) is 5.69 Å². The zero-order chi connectivity index (χ0) is 9.84. The van der Waals surface area contributed by atoms with Crippen molar-refractivity contribution in [3.05, 3.63) is 18.0 Å². The van der Waals surface area contributed by atoms with E-state index in [1.54, 1.807) is 13.0 Å². The van der Waals surface area contributed by atoms with E-state index in [9.17, 15) is 4.79 Å². The van der Waals surface area contributed by atoms with E-state index in [-0.39, 0.29) is 5.75 Å². The highest BCUT2D eigenvalue weighted by molar-refractivity contribution is 5.68. The van der Waals surface area contributed by atoms with E-state index >= 15 is 0 Å². The minimum absolute atomic E-state index is 0.273. The molecule has 2 N–H and O–H groups in total. The molecule has 0 aliphatic heterocycles. The van der Waals surface area contributed by atoms with Gasteiger partial charge in [0.05, 0.1) is 19.0 Å². The third-order valence-corrected chi connectivity index (χ3v) is 1.45. The summed E-state index contributed by atoms with van der Waals surface area (Å²) in [5.41, 5.74) is 5.55. The van der Waals surface area contributed by atoms with E-state index in [1.165, 1.54) is 13.3 Å². The van der Waals surface area contributed by atoms with Crippen molar-refractivity contribution in [2.24, 2.45) is 5.73 Å². The molecule has 1 amide bonds. The van der Waals surface area contributed by atoms with Gasteiger partial charge in [-0.2, -0.15) is 0 Å². The molecule has 0 saturated carbocycles. The van der Waals surface area contributed by atoms with Gasteiger partial charge in [-0.25, -0.2) is 4.79 Å². The van der Waals surface area contributed by atoms with Crippen molar-refractivity contribution in [3.63, 3.8) is 0 Å². The molecule has 1 heterocycles. The van der Waals surface area contributed by atoms with Crippen LogP contribution in [0.5, 0.6) is 11.5 Å². The molecule has 0 radical (unpaired) electrons. The number of carbonyl (C=O) groups excluding carboxylic acids is 1. The van der Waals surface area contributed by atoms with Gasteiger partial charge in [0, 0.05) is 6.07 Å². The van der Waals surface area contributed by atoms with Crippen LogP contribution in [0.4, 0.5) is 4.79 Å². The largest absolute Gasteiger partial charge is 0.495 e. The first-order valence-corrected chi connectivity index (χ1v) is 3.61. The molecule has 5 heteroatoms. The molecule has 0 aromatic carbocycles. The van der Waals surface area contributed by atoms with Crippen LogP contribution in [0.25, 0.3) is 0 Å². The Morgan fingerprint density at radius 3 is 2.85 bits per heavy atom. The Labute approximate surface area is 75.5 Å². The first-order valence-electron chi connectivity index (χ1n) is 3.61. The smallest absolute Gasteiger partial charge is 0.410 e. The normalized spacial score (nSPS) is 9.38. The first-order chi connectivity index (χ1) is 6.13. The van der Waals surface area contributed by atoms with E-state index in [0.29, 0.717) is 5.75 Å². The number of hydrogen-bond donors (Lipinski definition) is 1. The number of nitrogens with zero attached hydrogens (tertiary/aromatic N) is 1. The molecular weight excluding hydrogens is 172 g/mol. The lowest BCUT2D eigenvalue weighted by Gasteiger charge is -2.05. The highest BCUT2D eigenvalue weighted by Gasteiger charge is 2.04. The van der Waals surface area contributed by atoms with Crippen LogP contribution >= 0.6 is 0 Å². The predicted octanol–water partition coefficient (Wildman–Crippen LogP) is 0.856. The van der Waals surface area contributed by atoms with Crippen LogP contribution in [0.3, 0.4) is 0 Å². The van der Waals surface area contributed by atoms with Crippen molar-refractivity contribution in [1.82, 2.24) is 4.98 Å². The maximum Gasteiger partial charge on any atom is 0.410 e. The Morgan fingerprint density at radius 2 is 2.31 bits per heavy atom. The summed E-state index contributed by atoms with van der Waals surface area (Å²) in [5, 5.41) is 0. The number of aromatic nitrogens is 1. The number of ether oxygens (including phenoxy) is 2. The summed E-state index contributed by atoms with van der Waals surface area (Å²) in [4.78, 5) is 14.3. The number of aryl methyl sites for hydroxylation is 1. The Hall–Kier alpha value is -1.78. The summed E-state index contributed by atoms with van der Waals surface area (Å²) in [5.74, 6) is 0.828. The van der Waals surface area contributed by atoms with Crippen molar-refractivity contribution in [3.8, 4) is 11.5 Å². The molecule has 0 unspecified atom stereocenters. The summed E-state index contributed by atoms with van der Waals surface area (Å²) in [6.07, 6.45) is 0.538. The lowest BCUT2D eigenvalue weighted by molar-refractivity contribution is 0.210. The first kappa shape index (κ1) is 9.31. The Morgan fingerprint density at radius 1 is 1.62 bits per heavy atom. The average molecular weight is 182 g/mol. The molecule has 1 aromatic heterocycles. The van der Waals surface area contributed by atoms with E-state index in [1.807, 2.05) is 0 Å². The number of pyridine rings is 1. The van der Waals surface area contributed by atoms with E-state index in [2.05, 4.69) is 9.72 Å². The lowest BCUT2D eigenvalue weighted by atomic mass is 10.3. The van der Waals surface area contributed by atoms with Gasteiger partial charge in [-0.3, -0.25) is 4.98 Å². The molecule has 1 rings (SSSR count). The molecule has 70 valence electrons. The van der Waals surface area contributed by atoms with Gasteiger partial charge in [-0.05, 0) is 6.92 Å². The van der Waals surface area contributed by atoms with Crippen molar-refractivity contribution >= 4 is 6.09 Å². The number of amides is 1. The number of primary amides is 1. The van der Waals surface area contributed by atoms with E-state index in [4.69, 9.17) is 10.5 Å². The highest BCUT2D eigenvalue weighted by atomic mass is 16.5. The second-order valence-corrected chi connectivity index (χ2v) is 2.38. The standard InChI is InChI=1S/C8H10N2O3/c1-5-7(12-2)3-6(4-10-5)13-8(9)11/h3-4H,1-2H3,(H2,9,11). The molecule has 0 atom stereocenters. The molecule has 1 aromatic rings. The van der Waals surface area contributed by atoms with Crippen LogP contribution in [0.15, 0.2) is 12.3 Å². The van der Waals surface area contributed by atoms with Crippen LogP contribution in [0.1, 0.15) is 5.69 Å². The Balaban J connectivity index is 2.92. The van der Waals surface area contributed by atoms with Gasteiger partial charge in [-0.1, -0.05) is 0 Å². The van der Waals surface area contributed by atoms with E-state index < -0.39 is 6.09 Å². The minimum Gasteiger partial charge on any atom is -0.495 e. The predicted molar refractivity (Wildman–Crippen MR) is 45.7 cm³/mol. The average Bonchev–Trinajstić information content (AvgIpc) is 2.07. The number of carbonyl (C=O) groups is 1. The van der Waals surface area contributed by atoms with Gasteiger partial charge in [-0.15, -0.1) is 0 Å². The lowest BCUT2D eigenvalue weighted by Crippen LogP contribution is -2.16. The molecule has 0 fully saturated rings. The molecule has 0 bridgehead atoms. The summed E-state index contributed by atoms with van der Waals surface area (Å²) in [6.45, 7) is 1.78. The fourth-order valence-corrected chi connectivity index (χ4v) is 0.874. The SMILES string of the molecule is COc1cc(OC(N)=O)cnc1C. The minimum atomic E-state index is -0.868. The summed E-state index contributed by atoms with van der Waals surface area (Å²) in [6, 6.07) is 1.55. The Kier molecular flexibility index (Phi) is 2.69. The second kappa shape index (κ2) is 3.75. The van der Waals surface area contributed by atoms with Gasteiger partial charge in [0.2, 0.25) is 0 Å². The van der Waals surface area contributed by atoms with Gasteiger partial charge >= 0.3 is 6.09 Å². The monoisotopic (exact) mass is 182 g/mol. The van der Waals surface area contributed by atoms with Crippen LogP contribution in [0, 0.1) is 6.92 Å². The van der Waals surface area contributed by atoms with Crippen LogP contribution in [0.2, 0.25) is 0 Å². The number of methoxy groups -OCH3 is 1. The summed E-state index contributed by atoms with van der Waals surface area (Å²) >= 11 is 0. The highest BCUT2D eigenvalue weighted by Crippen LogP contribution is 2.20. The topological polar surface area (TPSA) is 74.4 Å². The van der Waals surface area contributed by atoms with Gasteiger partial charge in [0.1, 0.15) is 5.75 Å². The maximum atomic E-state index is 10.4. The van der Waals surface area contributed by atoms with Crippen molar-refractivity contribution in [2.75, 3.05) is 7.11 Å². The van der Waals surface area contributed by atoms with Crippen molar-refractivity contribution in [2.45, 2.75) is 6.92 Å². The number of nitrogens with two attached hydrogens (primary N) is 1. The molecule has 0 saturated heterocycles. The van der Waals surface area contributed by atoms with Crippen molar-refractivity contribution in [1.29, 1.82) is 0 Å². The van der Waals surface area contributed by atoms with Crippen LogP contribution < -0.4 is 15.2 Å². The molecule has 5 nitrogen and oxygen atoms in total. The maximum absolute atomic E-state index is 10.4. The summed E-state index contributed by atoms with van der Waals surface area (Å²) < 4.78 is 9.58. The third-order valence-electron chi connectivity index (χ3n) is 1.45. The van der Waals surface area contributed by atoms with Gasteiger partial charge in [0.25, 0.3) is 0 Å². The van der Waals surface area contributed by atoms with Crippen LogP contribution in [-0.4, -0.2) is 18.2 Å². The van der Waals surface area contributed by atoms with Crippen LogP contribution in [-0.2, 0) is 0 Å². The fraction of sp³-hybridized carbons (Fsp3) is 0.250. The molecule has 0 spiro atoms. The fourth-order valence-electron chi connectivity index (χ4n) is 0.874. The molecule has 0 aliphatic carbocycles. The second-order valence-electron chi connectivity index (χ2n) is 2.38. The third kappa shape index (κ3) is 2.33. The molecule has 13 heavy (non-hydrogen) atoms. The number of hydrogen-bond acceptors (Lipinski definition) is 4. The van der Waals surface area contributed by atoms with Crippen molar-refractivity contribution < 1.29 is 14.3 Å². The molecule has 0 aliphatic rings. The van der Waals surface area contributed by atoms with Gasteiger partial charge < -0.3 is 15.2 Å². The zero-order valence-corrected chi connectivity index (χ0v) is 7.40. The Bertz CT molecular complexity index is 325.